The lowest BCUT2D eigenvalue weighted by Crippen LogP contribution is -2.20. The Morgan fingerprint density at radius 2 is 1.75 bits per heavy atom. The number of anilines is 1. The molecule has 1 N–H and O–H groups in total. The third-order valence-electron chi connectivity index (χ3n) is 2.74. The van der Waals surface area contributed by atoms with Gasteiger partial charge in [-0.05, 0) is 56.2 Å². The number of nitrogens with one attached hydrogen (secondary N) is 1. The fraction of sp³-hybridized carbons (Fsp3) is 0.200. The van der Waals surface area contributed by atoms with E-state index in [0.717, 1.165) is 38.7 Å². The van der Waals surface area contributed by atoms with Crippen molar-refractivity contribution in [3.63, 3.8) is 0 Å². The molecular formula is C15H15N2O2S-. The Morgan fingerprint density at radius 1 is 1.15 bits per heavy atom. The number of aromatic carboxylic acids is 1. The van der Waals surface area contributed by atoms with Crippen molar-refractivity contribution in [1.29, 1.82) is 0 Å². The zero-order chi connectivity index (χ0) is 14.7. The van der Waals surface area contributed by atoms with Crippen LogP contribution in [0.2, 0.25) is 0 Å². The summed E-state index contributed by atoms with van der Waals surface area (Å²) in [5.74, 6) is -1.16. The van der Waals surface area contributed by atoms with Gasteiger partial charge in [0, 0.05) is 0 Å². The van der Waals surface area contributed by atoms with Crippen molar-refractivity contribution >= 4 is 28.7 Å². The molecule has 5 heteroatoms. The molecule has 0 fully saturated rings. The summed E-state index contributed by atoms with van der Waals surface area (Å²) in [7, 11) is 0. The minimum absolute atomic E-state index is 0.209. The van der Waals surface area contributed by atoms with Gasteiger partial charge in [0.05, 0.1) is 27.1 Å². The first-order valence-electron chi connectivity index (χ1n) is 6.16. The minimum Gasteiger partial charge on any atom is -0.544 e. The van der Waals surface area contributed by atoms with Crippen LogP contribution in [0.1, 0.15) is 32.6 Å². The van der Waals surface area contributed by atoms with E-state index in [0.29, 0.717) is 0 Å². The van der Waals surface area contributed by atoms with Crippen molar-refractivity contribution < 1.29 is 9.90 Å². The van der Waals surface area contributed by atoms with Gasteiger partial charge in [0.1, 0.15) is 0 Å². The van der Waals surface area contributed by atoms with Crippen LogP contribution in [0.25, 0.3) is 0 Å². The van der Waals surface area contributed by atoms with Gasteiger partial charge >= 0.3 is 0 Å². The molecule has 0 atom stereocenters. The van der Waals surface area contributed by atoms with Gasteiger partial charge in [-0.2, -0.15) is 5.10 Å². The van der Waals surface area contributed by atoms with Crippen molar-refractivity contribution in [2.75, 3.05) is 5.43 Å². The molecule has 0 amide bonds. The van der Waals surface area contributed by atoms with Crippen LogP contribution in [-0.2, 0) is 0 Å². The van der Waals surface area contributed by atoms with E-state index < -0.39 is 5.97 Å². The average molecular weight is 287 g/mol. The molecule has 104 valence electrons. The van der Waals surface area contributed by atoms with Crippen molar-refractivity contribution in [2.24, 2.45) is 5.10 Å². The number of hydrazone groups is 1. The summed E-state index contributed by atoms with van der Waals surface area (Å²) in [4.78, 5) is 11.8. The van der Waals surface area contributed by atoms with E-state index in [9.17, 15) is 9.90 Å². The topological polar surface area (TPSA) is 64.5 Å². The number of carbonyl (C=O) groups is 1. The van der Waals surface area contributed by atoms with Gasteiger partial charge in [-0.25, -0.2) is 0 Å². The second kappa shape index (κ2) is 5.88. The summed E-state index contributed by atoms with van der Waals surface area (Å²) in [6.07, 6.45) is 0. The summed E-state index contributed by atoms with van der Waals surface area (Å²) < 4.78 is 0. The maximum absolute atomic E-state index is 10.7. The summed E-state index contributed by atoms with van der Waals surface area (Å²) in [6, 6.07) is 9.37. The minimum atomic E-state index is -1.16. The number of hydrogen-bond acceptors (Lipinski definition) is 5. The number of aryl methyl sites for hydroxylation is 2. The molecule has 0 bridgehead atoms. The Kier molecular flexibility index (Phi) is 4.20. The molecule has 0 spiro atoms. The second-order valence-electron chi connectivity index (χ2n) is 4.64. The van der Waals surface area contributed by atoms with Crippen LogP contribution in [0, 0.1) is 13.8 Å². The maximum Gasteiger partial charge on any atom is 0.0815 e. The molecule has 1 heterocycles. The molecule has 4 nitrogen and oxygen atoms in total. The van der Waals surface area contributed by atoms with E-state index >= 15 is 0 Å². The Morgan fingerprint density at radius 3 is 2.30 bits per heavy atom. The summed E-state index contributed by atoms with van der Waals surface area (Å²) in [5.41, 5.74) is 6.97. The summed E-state index contributed by atoms with van der Waals surface area (Å²) >= 11 is 1.16. The fourth-order valence-corrected chi connectivity index (χ4v) is 2.67. The molecule has 2 aromatic rings. The number of carboxylic acids is 1. The monoisotopic (exact) mass is 287 g/mol. The van der Waals surface area contributed by atoms with Crippen LogP contribution in [0.5, 0.6) is 0 Å². The highest BCUT2D eigenvalue weighted by Gasteiger charge is 2.04. The van der Waals surface area contributed by atoms with Gasteiger partial charge in [-0.15, -0.1) is 11.3 Å². The first kappa shape index (κ1) is 14.3. The molecule has 0 aliphatic heterocycles. The number of carbonyl (C=O) groups excluding carboxylic acids is 1. The number of carboxylic acid groups (broad SMARTS) is 1. The molecule has 2 rings (SSSR count). The van der Waals surface area contributed by atoms with E-state index in [4.69, 9.17) is 0 Å². The predicted molar refractivity (Wildman–Crippen MR) is 80.4 cm³/mol. The van der Waals surface area contributed by atoms with E-state index in [1.165, 1.54) is 6.07 Å². The van der Waals surface area contributed by atoms with E-state index in [-0.39, 0.29) is 4.88 Å². The zero-order valence-electron chi connectivity index (χ0n) is 11.6. The normalized spacial score (nSPS) is 11.4. The summed E-state index contributed by atoms with van der Waals surface area (Å²) in [6.45, 7) is 5.89. The Balaban J connectivity index is 2.15. The summed E-state index contributed by atoms with van der Waals surface area (Å²) in [5, 5.41) is 15.0. The van der Waals surface area contributed by atoms with Gasteiger partial charge in [-0.1, -0.05) is 6.07 Å². The molecule has 1 aromatic heterocycles. The van der Waals surface area contributed by atoms with Crippen LogP contribution < -0.4 is 10.5 Å². The highest BCUT2D eigenvalue weighted by Crippen LogP contribution is 2.18. The van der Waals surface area contributed by atoms with Gasteiger partial charge < -0.3 is 9.90 Å². The predicted octanol–water partition coefficient (Wildman–Crippen LogP) is 2.56. The van der Waals surface area contributed by atoms with Crippen LogP contribution in [0.3, 0.4) is 0 Å². The third-order valence-corrected chi connectivity index (χ3v) is 3.91. The van der Waals surface area contributed by atoms with Crippen LogP contribution >= 0.6 is 11.3 Å². The van der Waals surface area contributed by atoms with Crippen LogP contribution in [0.15, 0.2) is 35.4 Å². The SMILES string of the molecule is C/C(=N/Nc1cc(C)cc(C)c1)c1ccc(C(=O)[O-])s1. The van der Waals surface area contributed by atoms with E-state index in [1.54, 1.807) is 6.07 Å². The van der Waals surface area contributed by atoms with Crippen molar-refractivity contribution in [2.45, 2.75) is 20.8 Å². The molecule has 20 heavy (non-hydrogen) atoms. The largest absolute Gasteiger partial charge is 0.544 e. The number of thiophene rings is 1. The van der Waals surface area contributed by atoms with Crippen LogP contribution in [-0.4, -0.2) is 11.7 Å². The van der Waals surface area contributed by atoms with E-state index in [2.05, 4.69) is 16.6 Å². The highest BCUT2D eigenvalue weighted by atomic mass is 32.1. The molecule has 0 unspecified atom stereocenters. The number of rotatable bonds is 4. The first-order valence-corrected chi connectivity index (χ1v) is 6.97. The molecule has 0 radical (unpaired) electrons. The van der Waals surface area contributed by atoms with Crippen molar-refractivity contribution in [3.8, 4) is 0 Å². The smallest absolute Gasteiger partial charge is 0.0815 e. The highest BCUT2D eigenvalue weighted by molar-refractivity contribution is 7.15. The molecule has 0 saturated heterocycles. The lowest BCUT2D eigenvalue weighted by molar-refractivity contribution is -0.254. The lowest BCUT2D eigenvalue weighted by Gasteiger charge is -2.05. The number of nitrogens with zero attached hydrogens (tertiary/aromatic N) is 1. The Hall–Kier alpha value is -2.14. The first-order chi connectivity index (χ1) is 9.45. The fourth-order valence-electron chi connectivity index (χ4n) is 1.88. The van der Waals surface area contributed by atoms with Gasteiger partial charge in [0.15, 0.2) is 0 Å². The maximum atomic E-state index is 10.7. The van der Waals surface area contributed by atoms with Crippen molar-refractivity contribution in [3.05, 3.63) is 51.2 Å². The van der Waals surface area contributed by atoms with Gasteiger partial charge in [-0.3, -0.25) is 5.43 Å². The average Bonchev–Trinajstić information content (AvgIpc) is 2.84. The molecule has 0 aliphatic carbocycles. The quantitative estimate of drug-likeness (QED) is 0.694. The molecule has 1 aromatic carbocycles. The number of hydrogen-bond donors (Lipinski definition) is 1. The second-order valence-corrected chi connectivity index (χ2v) is 5.72. The van der Waals surface area contributed by atoms with E-state index in [1.807, 2.05) is 32.9 Å². The van der Waals surface area contributed by atoms with Crippen LogP contribution in [0.4, 0.5) is 5.69 Å². The lowest BCUT2D eigenvalue weighted by atomic mass is 10.1. The number of benzene rings is 1. The third kappa shape index (κ3) is 3.45. The molecule has 0 saturated carbocycles. The van der Waals surface area contributed by atoms with Gasteiger partial charge in [0.2, 0.25) is 0 Å². The Bertz CT molecular complexity index is 654. The Labute approximate surface area is 121 Å². The van der Waals surface area contributed by atoms with Crippen molar-refractivity contribution in [1.82, 2.24) is 0 Å². The van der Waals surface area contributed by atoms with Gasteiger partial charge in [0.25, 0.3) is 0 Å². The molecular weight excluding hydrogens is 272 g/mol. The molecule has 0 aliphatic rings. The standard InChI is InChI=1S/C15H16N2O2S/c1-9-6-10(2)8-12(7-9)17-16-11(3)13-4-5-14(20-13)15(18)19/h4-8,17H,1-3H3,(H,18,19)/p-1/b16-11-. The zero-order valence-corrected chi connectivity index (χ0v) is 12.4.